The number of phenolic OH excluding ortho intramolecular Hbond substituents is 1. The van der Waals surface area contributed by atoms with E-state index in [-0.39, 0.29) is 25.1 Å². The van der Waals surface area contributed by atoms with Crippen LogP contribution in [-0.4, -0.2) is 76.8 Å². The van der Waals surface area contributed by atoms with Crippen LogP contribution in [0, 0.1) is 0 Å². The van der Waals surface area contributed by atoms with E-state index < -0.39 is 53.7 Å². The zero-order chi connectivity index (χ0) is 27.9. The maximum atomic E-state index is 13.5. The monoisotopic (exact) mass is 535 g/mol. The van der Waals surface area contributed by atoms with Gasteiger partial charge in [-0.2, -0.15) is 0 Å². The topological polar surface area (TPSA) is 157 Å². The molecule has 0 aliphatic carbocycles. The van der Waals surface area contributed by atoms with Crippen molar-refractivity contribution in [3.05, 3.63) is 65.7 Å². The third-order valence-corrected chi connectivity index (χ3v) is 6.93. The minimum absolute atomic E-state index is 0.0579. The van der Waals surface area contributed by atoms with E-state index >= 15 is 0 Å². The number of carbonyl (C=O) groups is 5. The highest BCUT2D eigenvalue weighted by molar-refractivity contribution is 5.97. The van der Waals surface area contributed by atoms with Crippen molar-refractivity contribution < 1.29 is 29.1 Å². The second kappa shape index (κ2) is 12.4. The number of phenols is 1. The quantitative estimate of drug-likeness (QED) is 0.364. The predicted molar refractivity (Wildman–Crippen MR) is 141 cm³/mol. The molecule has 11 nitrogen and oxygen atoms in total. The molecule has 39 heavy (non-hydrogen) atoms. The van der Waals surface area contributed by atoms with Gasteiger partial charge >= 0.3 is 0 Å². The van der Waals surface area contributed by atoms with Gasteiger partial charge in [0.15, 0.2) is 0 Å². The number of hydrogen-bond acceptors (Lipinski definition) is 6. The van der Waals surface area contributed by atoms with Crippen LogP contribution in [0.2, 0.25) is 0 Å². The second-order valence-corrected chi connectivity index (χ2v) is 9.88. The Morgan fingerprint density at radius 1 is 0.795 bits per heavy atom. The molecule has 2 aliphatic heterocycles. The van der Waals surface area contributed by atoms with Crippen LogP contribution in [-0.2, 0) is 36.8 Å². The molecular formula is C28H33N5O6. The van der Waals surface area contributed by atoms with E-state index in [1.54, 1.807) is 12.1 Å². The standard InChI is InChI=1S/C28H33N5O6/c1-17-28(39)33-13-5-8-23(33)27(38)29-16-24(35)31-21(14-18-6-3-2-4-7-18)26(37)32-22(25(36)30-17)15-19-9-11-20(34)12-10-19/h2-4,6-7,9-12,17,21-23,34H,5,8,13-16H2,1H3,(H,29,38)(H,30,36)(H,31,35)(H,32,37)/t17-,21-,22-,23-/m0/s1. The summed E-state index contributed by atoms with van der Waals surface area (Å²) in [4.78, 5) is 67.1. The SMILES string of the molecule is C[C@@H]1NC(=O)[C@H](Cc2ccc(O)cc2)NC(=O)[C@H](Cc2ccccc2)NC(=O)CNC(=O)[C@@H]2CCCN2C1=O. The van der Waals surface area contributed by atoms with Crippen molar-refractivity contribution in [3.63, 3.8) is 0 Å². The van der Waals surface area contributed by atoms with Gasteiger partial charge in [-0.25, -0.2) is 0 Å². The van der Waals surface area contributed by atoms with Crippen molar-refractivity contribution in [1.29, 1.82) is 0 Å². The van der Waals surface area contributed by atoms with Gasteiger partial charge in [0.2, 0.25) is 29.5 Å². The first-order valence-corrected chi connectivity index (χ1v) is 13.0. The molecule has 4 atom stereocenters. The third-order valence-electron chi connectivity index (χ3n) is 6.93. The van der Waals surface area contributed by atoms with Gasteiger partial charge in [0.25, 0.3) is 0 Å². The van der Waals surface area contributed by atoms with Crippen LogP contribution < -0.4 is 21.3 Å². The van der Waals surface area contributed by atoms with Crippen molar-refractivity contribution in [2.45, 2.75) is 56.8 Å². The Hall–Kier alpha value is -4.41. The molecule has 2 aromatic rings. The average Bonchev–Trinajstić information content (AvgIpc) is 3.42. The minimum atomic E-state index is -1.08. The van der Waals surface area contributed by atoms with Crippen molar-refractivity contribution in [1.82, 2.24) is 26.2 Å². The Balaban J connectivity index is 1.64. The molecule has 4 rings (SSSR count). The van der Waals surface area contributed by atoms with Gasteiger partial charge in [0.1, 0.15) is 29.9 Å². The average molecular weight is 536 g/mol. The zero-order valence-corrected chi connectivity index (χ0v) is 21.7. The highest BCUT2D eigenvalue weighted by atomic mass is 16.3. The number of benzene rings is 2. The lowest BCUT2D eigenvalue weighted by Crippen LogP contribution is -2.57. The Bertz CT molecular complexity index is 1220. The fourth-order valence-electron chi connectivity index (χ4n) is 4.87. The van der Waals surface area contributed by atoms with E-state index in [4.69, 9.17) is 0 Å². The molecule has 2 saturated heterocycles. The number of carbonyl (C=O) groups excluding carboxylic acids is 5. The number of aromatic hydroxyl groups is 1. The van der Waals surface area contributed by atoms with E-state index in [2.05, 4.69) is 21.3 Å². The molecule has 0 saturated carbocycles. The number of fused-ring (bicyclic) bond motifs is 1. The van der Waals surface area contributed by atoms with E-state index in [1.807, 2.05) is 30.3 Å². The normalized spacial score (nSPS) is 24.9. The lowest BCUT2D eigenvalue weighted by atomic mass is 10.0. The molecule has 0 spiro atoms. The van der Waals surface area contributed by atoms with Gasteiger partial charge < -0.3 is 31.3 Å². The molecule has 0 radical (unpaired) electrons. The van der Waals surface area contributed by atoms with E-state index in [0.717, 1.165) is 5.56 Å². The fraction of sp³-hybridized carbons (Fsp3) is 0.393. The van der Waals surface area contributed by atoms with Crippen molar-refractivity contribution in [2.24, 2.45) is 0 Å². The smallest absolute Gasteiger partial charge is 0.245 e. The molecule has 2 aliphatic rings. The molecule has 0 bridgehead atoms. The summed E-state index contributed by atoms with van der Waals surface area (Å²) < 4.78 is 0. The lowest BCUT2D eigenvalue weighted by molar-refractivity contribution is -0.141. The number of amides is 5. The molecule has 5 N–H and O–H groups in total. The molecule has 2 aromatic carbocycles. The van der Waals surface area contributed by atoms with E-state index in [9.17, 15) is 29.1 Å². The Morgan fingerprint density at radius 2 is 1.41 bits per heavy atom. The summed E-state index contributed by atoms with van der Waals surface area (Å²) >= 11 is 0. The maximum Gasteiger partial charge on any atom is 0.245 e. The molecule has 0 aromatic heterocycles. The van der Waals surface area contributed by atoms with Gasteiger partial charge in [-0.1, -0.05) is 42.5 Å². The summed E-state index contributed by atoms with van der Waals surface area (Å²) in [5.41, 5.74) is 1.46. The zero-order valence-electron chi connectivity index (χ0n) is 21.7. The number of nitrogens with zero attached hydrogens (tertiary/aromatic N) is 1. The van der Waals surface area contributed by atoms with Crippen LogP contribution in [0.4, 0.5) is 0 Å². The Morgan fingerprint density at radius 3 is 2.10 bits per heavy atom. The summed E-state index contributed by atoms with van der Waals surface area (Å²) in [5, 5.41) is 20.3. The van der Waals surface area contributed by atoms with E-state index in [0.29, 0.717) is 24.9 Å². The largest absolute Gasteiger partial charge is 0.508 e. The Labute approximate surface area is 226 Å². The summed E-state index contributed by atoms with van der Waals surface area (Å²) in [6.45, 7) is 1.53. The van der Waals surface area contributed by atoms with Crippen LogP contribution in [0.25, 0.3) is 0 Å². The molecule has 11 heteroatoms. The summed E-state index contributed by atoms with van der Waals surface area (Å²) in [6, 6.07) is 11.5. The second-order valence-electron chi connectivity index (χ2n) is 9.88. The van der Waals surface area contributed by atoms with Crippen LogP contribution in [0.15, 0.2) is 54.6 Å². The van der Waals surface area contributed by atoms with Crippen LogP contribution in [0.5, 0.6) is 5.75 Å². The highest BCUT2D eigenvalue weighted by Crippen LogP contribution is 2.19. The Kier molecular flexibility index (Phi) is 8.80. The number of rotatable bonds is 4. The first-order chi connectivity index (χ1) is 18.7. The van der Waals surface area contributed by atoms with Gasteiger partial charge in [0, 0.05) is 19.4 Å². The van der Waals surface area contributed by atoms with Crippen molar-refractivity contribution >= 4 is 29.5 Å². The third kappa shape index (κ3) is 7.13. The van der Waals surface area contributed by atoms with Gasteiger partial charge in [-0.15, -0.1) is 0 Å². The molecule has 2 fully saturated rings. The van der Waals surface area contributed by atoms with Crippen LogP contribution in [0.1, 0.15) is 30.9 Å². The molecule has 5 amide bonds. The predicted octanol–water partition coefficient (Wildman–Crippen LogP) is -0.227. The van der Waals surface area contributed by atoms with Gasteiger partial charge in [-0.3, -0.25) is 24.0 Å². The molecule has 0 unspecified atom stereocenters. The molecule has 206 valence electrons. The summed E-state index contributed by atoms with van der Waals surface area (Å²) in [5.74, 6) is -2.57. The van der Waals surface area contributed by atoms with Gasteiger partial charge in [-0.05, 0) is 43.0 Å². The summed E-state index contributed by atoms with van der Waals surface area (Å²) in [6.07, 6.45) is 1.30. The number of nitrogens with one attached hydrogen (secondary N) is 4. The van der Waals surface area contributed by atoms with Crippen molar-refractivity contribution in [2.75, 3.05) is 13.1 Å². The molecule has 2 heterocycles. The first-order valence-electron chi connectivity index (χ1n) is 13.0. The molecular weight excluding hydrogens is 502 g/mol. The van der Waals surface area contributed by atoms with Crippen LogP contribution in [0.3, 0.4) is 0 Å². The van der Waals surface area contributed by atoms with Crippen LogP contribution >= 0.6 is 0 Å². The highest BCUT2D eigenvalue weighted by Gasteiger charge is 2.37. The fourth-order valence-corrected chi connectivity index (χ4v) is 4.87. The first kappa shape index (κ1) is 27.6. The lowest BCUT2D eigenvalue weighted by Gasteiger charge is -2.28. The van der Waals surface area contributed by atoms with Gasteiger partial charge in [0.05, 0.1) is 6.54 Å². The number of hydrogen-bond donors (Lipinski definition) is 5. The van der Waals surface area contributed by atoms with E-state index in [1.165, 1.54) is 24.0 Å². The summed E-state index contributed by atoms with van der Waals surface area (Å²) in [7, 11) is 0. The minimum Gasteiger partial charge on any atom is -0.508 e. The maximum absolute atomic E-state index is 13.5. The van der Waals surface area contributed by atoms with Crippen molar-refractivity contribution in [3.8, 4) is 5.75 Å².